The molecule has 2 aliphatic heterocycles. The maximum Gasteiger partial charge on any atom is 0.302 e. The van der Waals surface area contributed by atoms with Gasteiger partial charge in [0.2, 0.25) is 0 Å². The molecule has 1 saturated heterocycles. The van der Waals surface area contributed by atoms with Gasteiger partial charge in [-0.15, -0.1) is 0 Å². The number of carbonyl (C=O) groups is 1. The van der Waals surface area contributed by atoms with Crippen molar-refractivity contribution in [3.63, 3.8) is 0 Å². The number of carbonyl (C=O) groups excluding carboxylic acids is 1. The second-order valence-electron chi connectivity index (χ2n) is 14.7. The standard InChI is InChI=1S/C37H56N4O6/c1-24(43)46-33-21-29(44)10-15-37(23-41-35(38)39-3,36(2)12-4-5-13-36)14-9-25-7-6-8-28-20-30(11-16-40-28)47-34-19-26(17-31(25)33)27(22-42)18-32(34)45/h18-19,25,28-31,33,40,42,44-45H,4-8,10-13,15-17,20-23H2,1-3H3,(H3,38,39,41)/t25-,28+,29+,30-,31+,33+,37+/m1/s1. The number of rotatable bonds is 5. The number of piperidine rings is 1. The number of aliphatic hydroxyl groups excluding tert-OH is 2. The lowest BCUT2D eigenvalue weighted by Gasteiger charge is -2.45. The summed E-state index contributed by atoms with van der Waals surface area (Å²) in [4.78, 5) is 16.7. The average molecular weight is 653 g/mol. The molecule has 260 valence electrons. The van der Waals surface area contributed by atoms with E-state index in [0.717, 1.165) is 69.9 Å². The highest BCUT2D eigenvalue weighted by molar-refractivity contribution is 5.77. The molecule has 0 aromatic heterocycles. The highest BCUT2D eigenvalue weighted by atomic mass is 16.5. The maximum absolute atomic E-state index is 12.6. The first kappa shape index (κ1) is 35.3. The number of nitrogens with zero attached hydrogens (tertiary/aromatic N) is 1. The summed E-state index contributed by atoms with van der Waals surface area (Å²) >= 11 is 0. The number of hydrogen-bond acceptors (Lipinski definition) is 8. The predicted octanol–water partition coefficient (Wildman–Crippen LogP) is 3.92. The molecule has 4 bridgehead atoms. The molecule has 2 aliphatic carbocycles. The van der Waals surface area contributed by atoms with Crippen molar-refractivity contribution in [1.82, 2.24) is 10.6 Å². The minimum atomic E-state index is -0.703. The highest BCUT2D eigenvalue weighted by Crippen LogP contribution is 2.54. The number of aliphatic hydroxyl groups is 2. The van der Waals surface area contributed by atoms with E-state index in [4.69, 9.17) is 15.2 Å². The molecule has 1 aromatic rings. The molecule has 7 N–H and O–H groups in total. The van der Waals surface area contributed by atoms with Gasteiger partial charge in [-0.25, -0.2) is 0 Å². The number of benzene rings is 1. The Hall–Kier alpha value is -3.00. The second-order valence-corrected chi connectivity index (χ2v) is 14.7. The minimum Gasteiger partial charge on any atom is -0.504 e. The van der Waals surface area contributed by atoms with E-state index in [0.29, 0.717) is 49.5 Å². The SMILES string of the molecule is CN=C(N)NC[C@]1(C2(C)CCCC2)C#C[C@H]2CCC[C@H]3C[C@@H](CCN3)Oc3cc(c(CO)cc3O)C[C@@H]2[C@@H](OC(C)=O)C[C@@H](O)CC1. The van der Waals surface area contributed by atoms with E-state index in [1.165, 1.54) is 6.92 Å². The highest BCUT2D eigenvalue weighted by Gasteiger charge is 2.49. The van der Waals surface area contributed by atoms with Gasteiger partial charge < -0.3 is 41.2 Å². The van der Waals surface area contributed by atoms with Crippen LogP contribution in [-0.2, 0) is 22.6 Å². The Kier molecular flexibility index (Phi) is 11.6. The van der Waals surface area contributed by atoms with Gasteiger partial charge in [0.25, 0.3) is 0 Å². The van der Waals surface area contributed by atoms with Crippen LogP contribution in [0, 0.1) is 34.5 Å². The van der Waals surface area contributed by atoms with E-state index in [1.807, 2.05) is 6.07 Å². The Labute approximate surface area is 280 Å². The number of fused-ring (bicyclic) bond motifs is 5. The number of guanidine groups is 1. The van der Waals surface area contributed by atoms with Crippen LogP contribution in [0.1, 0.15) is 102 Å². The van der Waals surface area contributed by atoms with Gasteiger partial charge in [0.05, 0.1) is 18.1 Å². The van der Waals surface area contributed by atoms with Gasteiger partial charge >= 0.3 is 5.97 Å². The van der Waals surface area contributed by atoms with Crippen LogP contribution in [0.5, 0.6) is 11.5 Å². The monoisotopic (exact) mass is 652 g/mol. The van der Waals surface area contributed by atoms with Crippen molar-refractivity contribution in [2.24, 2.45) is 33.4 Å². The summed E-state index contributed by atoms with van der Waals surface area (Å²) in [5.74, 6) is 7.66. The number of aromatic hydroxyl groups is 1. The molecule has 0 spiro atoms. The van der Waals surface area contributed by atoms with Crippen LogP contribution in [0.3, 0.4) is 0 Å². The lowest BCUT2D eigenvalue weighted by Crippen LogP contribution is -2.49. The largest absolute Gasteiger partial charge is 0.504 e. The number of ether oxygens (including phenoxy) is 2. The molecule has 0 amide bonds. The van der Waals surface area contributed by atoms with E-state index in [-0.39, 0.29) is 41.8 Å². The van der Waals surface area contributed by atoms with Gasteiger partial charge in [-0.3, -0.25) is 9.79 Å². The fourth-order valence-electron chi connectivity index (χ4n) is 8.69. The first-order chi connectivity index (χ1) is 22.5. The Morgan fingerprint density at radius 2 is 1.96 bits per heavy atom. The van der Waals surface area contributed by atoms with Crippen molar-refractivity contribution in [2.45, 2.75) is 128 Å². The first-order valence-electron chi connectivity index (χ1n) is 17.7. The maximum atomic E-state index is 12.6. The van der Waals surface area contributed by atoms with E-state index < -0.39 is 23.6 Å². The van der Waals surface area contributed by atoms with Crippen LogP contribution < -0.4 is 21.1 Å². The molecule has 7 atom stereocenters. The molecule has 1 saturated carbocycles. The zero-order chi connectivity index (χ0) is 33.6. The number of phenols is 1. The number of nitrogens with one attached hydrogen (secondary N) is 2. The third-order valence-corrected chi connectivity index (χ3v) is 11.6. The smallest absolute Gasteiger partial charge is 0.302 e. The van der Waals surface area contributed by atoms with E-state index >= 15 is 0 Å². The zero-order valence-electron chi connectivity index (χ0n) is 28.5. The van der Waals surface area contributed by atoms with Crippen LogP contribution in [-0.4, -0.2) is 71.7 Å². The quantitative estimate of drug-likeness (QED) is 0.120. The summed E-state index contributed by atoms with van der Waals surface area (Å²) < 4.78 is 12.4. The molecule has 2 heterocycles. The van der Waals surface area contributed by atoms with Crippen molar-refractivity contribution in [3.05, 3.63) is 23.3 Å². The van der Waals surface area contributed by atoms with E-state index in [9.17, 15) is 20.1 Å². The lowest BCUT2D eigenvalue weighted by molar-refractivity contribution is -0.152. The van der Waals surface area contributed by atoms with Crippen molar-refractivity contribution in [1.29, 1.82) is 0 Å². The fraction of sp³-hybridized carbons (Fsp3) is 0.730. The van der Waals surface area contributed by atoms with Gasteiger partial charge in [-0.05, 0) is 93.0 Å². The third-order valence-electron chi connectivity index (χ3n) is 11.6. The topological polar surface area (TPSA) is 159 Å². The Balaban J connectivity index is 1.65. The average Bonchev–Trinajstić information content (AvgIpc) is 3.50. The Morgan fingerprint density at radius 3 is 2.68 bits per heavy atom. The molecule has 1 aromatic carbocycles. The molecule has 47 heavy (non-hydrogen) atoms. The van der Waals surface area contributed by atoms with Crippen LogP contribution in [0.15, 0.2) is 17.1 Å². The molecule has 2 fully saturated rings. The molecule has 4 aliphatic rings. The first-order valence-corrected chi connectivity index (χ1v) is 17.7. The molecule has 10 heteroatoms. The van der Waals surface area contributed by atoms with Crippen molar-refractivity contribution < 1.29 is 29.6 Å². The van der Waals surface area contributed by atoms with Crippen LogP contribution in [0.2, 0.25) is 0 Å². The molecule has 10 nitrogen and oxygen atoms in total. The van der Waals surface area contributed by atoms with Gasteiger partial charge in [0.1, 0.15) is 12.2 Å². The van der Waals surface area contributed by atoms with Crippen molar-refractivity contribution in [3.8, 4) is 23.3 Å². The Bertz CT molecular complexity index is 1330. The van der Waals surface area contributed by atoms with E-state index in [1.54, 1.807) is 13.1 Å². The van der Waals surface area contributed by atoms with Gasteiger partial charge in [-0.2, -0.15) is 0 Å². The van der Waals surface area contributed by atoms with Gasteiger partial charge in [-0.1, -0.05) is 38.0 Å². The third kappa shape index (κ3) is 8.36. The fourth-order valence-corrected chi connectivity index (χ4v) is 8.69. The normalized spacial score (nSPS) is 32.9. The molecule has 0 radical (unpaired) electrons. The summed E-state index contributed by atoms with van der Waals surface area (Å²) in [5.41, 5.74) is 7.08. The number of hydrogen-bond donors (Lipinski definition) is 6. The lowest BCUT2D eigenvalue weighted by atomic mass is 9.60. The number of phenolic OH excluding ortho intramolecular Hbond substituents is 1. The second kappa shape index (κ2) is 15.5. The van der Waals surface area contributed by atoms with Crippen LogP contribution >= 0.6 is 0 Å². The van der Waals surface area contributed by atoms with Crippen LogP contribution in [0.25, 0.3) is 0 Å². The summed E-state index contributed by atoms with van der Waals surface area (Å²) in [5, 5.41) is 39.9. The summed E-state index contributed by atoms with van der Waals surface area (Å²) in [6, 6.07) is 3.72. The predicted molar refractivity (Wildman–Crippen MR) is 182 cm³/mol. The zero-order valence-corrected chi connectivity index (χ0v) is 28.5. The molecule has 0 unspecified atom stereocenters. The Morgan fingerprint density at radius 1 is 1.17 bits per heavy atom. The van der Waals surface area contributed by atoms with Gasteiger partial charge in [0.15, 0.2) is 17.5 Å². The number of aliphatic imine (C=N–C) groups is 1. The number of nitrogens with two attached hydrogens (primary N) is 1. The van der Waals surface area contributed by atoms with Gasteiger partial charge in [0, 0.05) is 44.8 Å². The minimum absolute atomic E-state index is 0.00833. The van der Waals surface area contributed by atoms with Crippen LogP contribution in [0.4, 0.5) is 0 Å². The van der Waals surface area contributed by atoms with Crippen molar-refractivity contribution in [2.75, 3.05) is 20.1 Å². The van der Waals surface area contributed by atoms with E-state index in [2.05, 4.69) is 34.4 Å². The summed E-state index contributed by atoms with van der Waals surface area (Å²) in [6.07, 6.45) is 9.38. The molecular weight excluding hydrogens is 596 g/mol. The number of esters is 1. The van der Waals surface area contributed by atoms with Crippen molar-refractivity contribution >= 4 is 11.9 Å². The summed E-state index contributed by atoms with van der Waals surface area (Å²) in [6.45, 7) is 4.89. The summed E-state index contributed by atoms with van der Waals surface area (Å²) in [7, 11) is 1.67. The molecular formula is C37H56N4O6. The molecule has 5 rings (SSSR count).